The number of nitrogens with zero attached hydrogens (tertiary/aromatic N) is 1. The Bertz CT molecular complexity index is 1190. The Kier molecular flexibility index (Phi) is 5.90. The van der Waals surface area contributed by atoms with Gasteiger partial charge in [0.1, 0.15) is 12.4 Å². The van der Waals surface area contributed by atoms with E-state index >= 15 is 0 Å². The molecule has 1 fully saturated rings. The molecular formula is C26H24BrNO6. The SMILES string of the molecule is CCN1C(=O)[C@H]2[C@H](CC=C3[C@H](c4ccc(OCCO)cc4)C4=C(C[C@H]32)C(=O)C(Br)=CC4=O)C1=O. The number of allylic oxidation sites excluding steroid dienone is 6. The molecule has 3 aliphatic carbocycles. The highest BCUT2D eigenvalue weighted by Crippen LogP contribution is 2.55. The lowest BCUT2D eigenvalue weighted by molar-refractivity contribution is -0.139. The fraction of sp³-hybridized carbons (Fsp3) is 0.385. The molecule has 0 unspecified atom stereocenters. The second-order valence-corrected chi connectivity index (χ2v) is 9.81. The number of aliphatic hydroxyl groups is 1. The summed E-state index contributed by atoms with van der Waals surface area (Å²) in [5.74, 6) is -1.97. The minimum absolute atomic E-state index is 0.100. The minimum atomic E-state index is -0.524. The van der Waals surface area contributed by atoms with Crippen LogP contribution in [0.15, 0.2) is 57.6 Å². The third-order valence-corrected chi connectivity index (χ3v) is 7.90. The van der Waals surface area contributed by atoms with Crippen molar-refractivity contribution >= 4 is 39.3 Å². The monoisotopic (exact) mass is 525 g/mol. The maximum atomic E-state index is 13.2. The van der Waals surface area contributed by atoms with E-state index in [9.17, 15) is 19.2 Å². The zero-order chi connectivity index (χ0) is 24.1. The zero-order valence-corrected chi connectivity index (χ0v) is 20.2. The second-order valence-electron chi connectivity index (χ2n) is 8.96. The molecule has 4 atom stereocenters. The van der Waals surface area contributed by atoms with E-state index in [4.69, 9.17) is 9.84 Å². The number of hydrogen-bond donors (Lipinski definition) is 1. The first-order chi connectivity index (χ1) is 16.4. The van der Waals surface area contributed by atoms with E-state index in [-0.39, 0.29) is 53.4 Å². The van der Waals surface area contributed by atoms with Crippen LogP contribution in [0.3, 0.4) is 0 Å². The van der Waals surface area contributed by atoms with Gasteiger partial charge in [0.15, 0.2) is 11.6 Å². The summed E-state index contributed by atoms with van der Waals surface area (Å²) in [6.45, 7) is 2.18. The highest BCUT2D eigenvalue weighted by atomic mass is 79.9. The number of hydrogen-bond acceptors (Lipinski definition) is 6. The van der Waals surface area contributed by atoms with Crippen LogP contribution in [0.2, 0.25) is 0 Å². The Hall–Kier alpha value is -2.84. The van der Waals surface area contributed by atoms with Crippen LogP contribution in [-0.4, -0.2) is 53.1 Å². The molecule has 176 valence electrons. The van der Waals surface area contributed by atoms with Crippen LogP contribution in [-0.2, 0) is 19.2 Å². The van der Waals surface area contributed by atoms with E-state index in [0.717, 1.165) is 11.1 Å². The summed E-state index contributed by atoms with van der Waals surface area (Å²) in [5, 5.41) is 9.00. The van der Waals surface area contributed by atoms with Crippen molar-refractivity contribution in [2.24, 2.45) is 17.8 Å². The van der Waals surface area contributed by atoms with Crippen molar-refractivity contribution in [3.63, 3.8) is 0 Å². The topological polar surface area (TPSA) is 101 Å². The van der Waals surface area contributed by atoms with E-state index in [1.165, 1.54) is 11.0 Å². The molecule has 34 heavy (non-hydrogen) atoms. The number of likely N-dealkylation sites (tertiary alicyclic amines) is 1. The quantitative estimate of drug-likeness (QED) is 0.360. The van der Waals surface area contributed by atoms with Crippen LogP contribution < -0.4 is 4.74 Å². The number of amides is 2. The summed E-state index contributed by atoms with van der Waals surface area (Å²) in [7, 11) is 0. The van der Waals surface area contributed by atoms with Gasteiger partial charge in [-0.15, -0.1) is 0 Å². The van der Waals surface area contributed by atoms with Crippen molar-refractivity contribution in [2.75, 3.05) is 19.8 Å². The molecule has 8 heteroatoms. The van der Waals surface area contributed by atoms with Gasteiger partial charge >= 0.3 is 0 Å². The molecule has 1 aromatic rings. The number of carbonyl (C=O) groups is 4. The number of benzene rings is 1. The van der Waals surface area contributed by atoms with Crippen molar-refractivity contribution in [3.8, 4) is 5.75 Å². The molecule has 1 N–H and O–H groups in total. The predicted octanol–water partition coefficient (Wildman–Crippen LogP) is 2.84. The molecule has 7 nitrogen and oxygen atoms in total. The zero-order valence-electron chi connectivity index (χ0n) is 18.6. The fourth-order valence-corrected chi connectivity index (χ4v) is 6.33. The number of ketones is 2. The molecule has 2 amide bonds. The molecule has 1 saturated heterocycles. The van der Waals surface area contributed by atoms with Crippen LogP contribution in [0, 0.1) is 17.8 Å². The fourth-order valence-electron chi connectivity index (χ4n) is 5.88. The highest BCUT2D eigenvalue weighted by Gasteiger charge is 2.55. The van der Waals surface area contributed by atoms with E-state index in [0.29, 0.717) is 29.9 Å². The van der Waals surface area contributed by atoms with Gasteiger partial charge in [-0.2, -0.15) is 0 Å². The third kappa shape index (κ3) is 3.43. The van der Waals surface area contributed by atoms with Crippen LogP contribution in [0.25, 0.3) is 0 Å². The first-order valence-corrected chi connectivity index (χ1v) is 12.2. The summed E-state index contributed by atoms with van der Waals surface area (Å²) in [6, 6.07) is 7.24. The van der Waals surface area contributed by atoms with E-state index in [2.05, 4.69) is 15.9 Å². The minimum Gasteiger partial charge on any atom is -0.491 e. The van der Waals surface area contributed by atoms with Gasteiger partial charge in [-0.3, -0.25) is 24.1 Å². The first-order valence-electron chi connectivity index (χ1n) is 11.4. The molecule has 1 heterocycles. The van der Waals surface area contributed by atoms with Crippen molar-refractivity contribution < 1.29 is 29.0 Å². The molecule has 0 aromatic heterocycles. The lowest BCUT2D eigenvalue weighted by atomic mass is 9.59. The molecule has 1 aromatic carbocycles. The Labute approximate surface area is 205 Å². The predicted molar refractivity (Wildman–Crippen MR) is 126 cm³/mol. The lowest BCUT2D eigenvalue weighted by Gasteiger charge is -2.42. The number of carbonyl (C=O) groups excluding carboxylic acids is 4. The third-order valence-electron chi connectivity index (χ3n) is 7.31. The molecule has 0 bridgehead atoms. The number of imide groups is 1. The van der Waals surface area contributed by atoms with Gasteiger partial charge < -0.3 is 9.84 Å². The Balaban J connectivity index is 1.62. The summed E-state index contributed by atoms with van der Waals surface area (Å²) in [4.78, 5) is 53.7. The van der Waals surface area contributed by atoms with Crippen molar-refractivity contribution in [1.29, 1.82) is 0 Å². The highest BCUT2D eigenvalue weighted by molar-refractivity contribution is 9.12. The Morgan fingerprint density at radius 2 is 1.82 bits per heavy atom. The van der Waals surface area contributed by atoms with Gasteiger partial charge in [0.2, 0.25) is 11.8 Å². The van der Waals surface area contributed by atoms with Gasteiger partial charge in [-0.1, -0.05) is 23.8 Å². The van der Waals surface area contributed by atoms with Crippen LogP contribution in [0.5, 0.6) is 5.75 Å². The lowest BCUT2D eigenvalue weighted by Crippen LogP contribution is -2.39. The van der Waals surface area contributed by atoms with Crippen molar-refractivity contribution in [1.82, 2.24) is 4.90 Å². The maximum absolute atomic E-state index is 13.2. The van der Waals surface area contributed by atoms with Gasteiger partial charge in [0.05, 0.1) is 22.9 Å². The van der Waals surface area contributed by atoms with Crippen LogP contribution in [0.4, 0.5) is 0 Å². The molecule has 0 radical (unpaired) electrons. The van der Waals surface area contributed by atoms with Gasteiger partial charge in [-0.25, -0.2) is 0 Å². The smallest absolute Gasteiger partial charge is 0.233 e. The average Bonchev–Trinajstić information content (AvgIpc) is 3.09. The van der Waals surface area contributed by atoms with Gasteiger partial charge in [-0.05, 0) is 59.3 Å². The number of Topliss-reactive ketones (excluding diaryl/α,β-unsaturated/α-hetero) is 1. The summed E-state index contributed by atoms with van der Waals surface area (Å²) in [6.07, 6.45) is 4.03. The number of aliphatic hydroxyl groups excluding tert-OH is 1. The van der Waals surface area contributed by atoms with Gasteiger partial charge in [0.25, 0.3) is 0 Å². The van der Waals surface area contributed by atoms with Crippen molar-refractivity contribution in [2.45, 2.75) is 25.7 Å². The van der Waals surface area contributed by atoms with Crippen molar-refractivity contribution in [3.05, 3.63) is 63.2 Å². The normalized spacial score (nSPS) is 28.4. The second kappa shape index (κ2) is 8.74. The largest absolute Gasteiger partial charge is 0.491 e. The first kappa shape index (κ1) is 22.9. The van der Waals surface area contributed by atoms with E-state index in [1.807, 2.05) is 18.2 Å². The number of ether oxygens (including phenoxy) is 1. The molecule has 5 rings (SSSR count). The Morgan fingerprint density at radius 3 is 2.50 bits per heavy atom. The summed E-state index contributed by atoms with van der Waals surface area (Å²) < 4.78 is 5.68. The average molecular weight is 526 g/mol. The number of halogens is 1. The van der Waals surface area contributed by atoms with Crippen LogP contribution in [0.1, 0.15) is 31.2 Å². The number of fused-ring (bicyclic) bond motifs is 3. The Morgan fingerprint density at radius 1 is 1.09 bits per heavy atom. The molecule has 0 spiro atoms. The van der Waals surface area contributed by atoms with Crippen LogP contribution >= 0.6 is 15.9 Å². The van der Waals surface area contributed by atoms with E-state index < -0.39 is 17.8 Å². The van der Waals surface area contributed by atoms with Gasteiger partial charge in [0, 0.05) is 29.7 Å². The molecular weight excluding hydrogens is 502 g/mol. The standard InChI is InChI=1S/C26H24BrNO6/c1-2-28-25(32)16-8-7-15-17(22(16)26(28)33)11-18-23(20(30)12-19(27)24(18)31)21(15)13-3-5-14(6-4-13)34-10-9-29/h3-7,12,16-17,21-22,29H,2,8-11H2,1H3/t16-,17+,21-,22-/m0/s1. The summed E-state index contributed by atoms with van der Waals surface area (Å²) >= 11 is 3.23. The molecule has 0 saturated carbocycles. The maximum Gasteiger partial charge on any atom is 0.233 e. The molecule has 1 aliphatic heterocycles. The van der Waals surface area contributed by atoms with E-state index in [1.54, 1.807) is 19.1 Å². The molecule has 4 aliphatic rings. The summed E-state index contributed by atoms with van der Waals surface area (Å²) in [5.41, 5.74) is 2.61. The number of rotatable bonds is 5.